The molecule has 0 spiro atoms. The zero-order valence-corrected chi connectivity index (χ0v) is 10.9. The van der Waals surface area contributed by atoms with Gasteiger partial charge in [0.2, 0.25) is 0 Å². The lowest BCUT2D eigenvalue weighted by atomic mass is 9.84. The van der Waals surface area contributed by atoms with Gasteiger partial charge in [-0.25, -0.2) is 5.48 Å². The van der Waals surface area contributed by atoms with E-state index in [4.69, 9.17) is 5.21 Å². The molecule has 102 valence electrons. The maximum absolute atomic E-state index is 11.3. The van der Waals surface area contributed by atoms with Gasteiger partial charge in [0.05, 0.1) is 11.3 Å². The minimum absolute atomic E-state index is 0.425. The van der Waals surface area contributed by atoms with Crippen LogP contribution in [0.5, 0.6) is 0 Å². The molecule has 2 heterocycles. The van der Waals surface area contributed by atoms with E-state index in [1.165, 1.54) is 32.0 Å². The molecule has 1 saturated carbocycles. The molecular formula is C14H19N3O2. The van der Waals surface area contributed by atoms with Crippen LogP contribution in [0.15, 0.2) is 12.3 Å². The van der Waals surface area contributed by atoms with Crippen LogP contribution in [0.25, 0.3) is 0 Å². The highest BCUT2D eigenvalue weighted by molar-refractivity contribution is 5.93. The summed E-state index contributed by atoms with van der Waals surface area (Å²) in [7, 11) is 0. The quantitative estimate of drug-likeness (QED) is 0.637. The van der Waals surface area contributed by atoms with Crippen molar-refractivity contribution in [3.05, 3.63) is 29.1 Å². The standard InChI is InChI=1S/C14H19N3O2/c18-14(16-19)12-6-11-4-5-17(8-10-2-1-3-10)9-13(11)15-7-12/h6-7,10,19H,1-5,8-9H2,(H,16,18). The van der Waals surface area contributed by atoms with Crippen molar-refractivity contribution < 1.29 is 10.0 Å². The Morgan fingerprint density at radius 1 is 1.53 bits per heavy atom. The van der Waals surface area contributed by atoms with Gasteiger partial charge in [-0.05, 0) is 36.8 Å². The largest absolute Gasteiger partial charge is 0.297 e. The summed E-state index contributed by atoms with van der Waals surface area (Å²) in [5, 5.41) is 8.63. The summed E-state index contributed by atoms with van der Waals surface area (Å²) >= 11 is 0. The molecule has 1 aliphatic carbocycles. The molecule has 1 fully saturated rings. The van der Waals surface area contributed by atoms with Crippen molar-refractivity contribution in [1.29, 1.82) is 0 Å². The van der Waals surface area contributed by atoms with Crippen molar-refractivity contribution in [3.63, 3.8) is 0 Å². The highest BCUT2D eigenvalue weighted by Gasteiger charge is 2.24. The van der Waals surface area contributed by atoms with Crippen LogP contribution in [-0.2, 0) is 13.0 Å². The van der Waals surface area contributed by atoms with E-state index in [1.807, 2.05) is 6.07 Å². The fourth-order valence-electron chi connectivity index (χ4n) is 2.85. The van der Waals surface area contributed by atoms with Crippen molar-refractivity contribution in [2.24, 2.45) is 5.92 Å². The van der Waals surface area contributed by atoms with Gasteiger partial charge in [-0.3, -0.25) is 19.9 Å². The summed E-state index contributed by atoms with van der Waals surface area (Å²) in [5.41, 5.74) is 4.27. The molecule has 0 atom stereocenters. The highest BCUT2D eigenvalue weighted by atomic mass is 16.5. The first-order valence-electron chi connectivity index (χ1n) is 6.91. The maximum atomic E-state index is 11.3. The zero-order chi connectivity index (χ0) is 13.2. The number of nitrogens with zero attached hydrogens (tertiary/aromatic N) is 2. The number of amides is 1. The van der Waals surface area contributed by atoms with Crippen molar-refractivity contribution in [2.45, 2.75) is 32.2 Å². The Hall–Kier alpha value is -1.46. The predicted octanol–water partition coefficient (Wildman–Crippen LogP) is 1.36. The molecule has 19 heavy (non-hydrogen) atoms. The van der Waals surface area contributed by atoms with Crippen LogP contribution in [0.3, 0.4) is 0 Å². The number of hydrogen-bond donors (Lipinski definition) is 2. The Labute approximate surface area is 112 Å². The molecule has 0 unspecified atom stereocenters. The molecule has 3 rings (SSSR count). The zero-order valence-electron chi connectivity index (χ0n) is 10.9. The molecule has 0 aromatic carbocycles. The topological polar surface area (TPSA) is 65.5 Å². The predicted molar refractivity (Wildman–Crippen MR) is 69.8 cm³/mol. The molecule has 0 saturated heterocycles. The number of carbonyl (C=O) groups is 1. The Bertz CT molecular complexity index is 486. The van der Waals surface area contributed by atoms with Crippen LogP contribution in [0, 0.1) is 5.92 Å². The van der Waals surface area contributed by atoms with Crippen LogP contribution in [0.4, 0.5) is 0 Å². The van der Waals surface area contributed by atoms with Crippen LogP contribution >= 0.6 is 0 Å². The Balaban J connectivity index is 1.69. The number of hydrogen-bond acceptors (Lipinski definition) is 4. The second kappa shape index (κ2) is 5.27. The minimum atomic E-state index is -0.493. The summed E-state index contributed by atoms with van der Waals surface area (Å²) < 4.78 is 0. The molecule has 5 heteroatoms. The third-order valence-electron chi connectivity index (χ3n) is 4.24. The van der Waals surface area contributed by atoms with E-state index in [9.17, 15) is 4.79 Å². The second-order valence-electron chi connectivity index (χ2n) is 5.55. The van der Waals surface area contributed by atoms with E-state index in [1.54, 1.807) is 5.48 Å². The normalized spacial score (nSPS) is 19.6. The molecule has 1 amide bonds. The van der Waals surface area contributed by atoms with Crippen LogP contribution in [0.1, 0.15) is 40.9 Å². The number of pyridine rings is 1. The smallest absolute Gasteiger partial charge is 0.276 e. The first kappa shape index (κ1) is 12.6. The van der Waals surface area contributed by atoms with Crippen LogP contribution in [-0.4, -0.2) is 34.1 Å². The second-order valence-corrected chi connectivity index (χ2v) is 5.55. The van der Waals surface area contributed by atoms with Crippen molar-refractivity contribution in [2.75, 3.05) is 13.1 Å². The average Bonchev–Trinajstić information content (AvgIpc) is 2.41. The molecule has 1 aromatic rings. The molecule has 0 radical (unpaired) electrons. The Morgan fingerprint density at radius 3 is 3.05 bits per heavy atom. The minimum Gasteiger partial charge on any atom is -0.297 e. The SMILES string of the molecule is O=C(NO)c1cnc2c(c1)CCN(CC1CCC1)C2. The summed E-state index contributed by atoms with van der Waals surface area (Å²) in [6.07, 6.45) is 6.59. The Kier molecular flexibility index (Phi) is 3.48. The van der Waals surface area contributed by atoms with E-state index in [-0.39, 0.29) is 0 Å². The van der Waals surface area contributed by atoms with Crippen LogP contribution in [0.2, 0.25) is 0 Å². The average molecular weight is 261 g/mol. The van der Waals surface area contributed by atoms with E-state index in [0.29, 0.717) is 5.56 Å². The molecule has 2 aliphatic rings. The van der Waals surface area contributed by atoms with Gasteiger partial charge in [0.25, 0.3) is 5.91 Å². The number of fused-ring (bicyclic) bond motifs is 1. The summed E-state index contributed by atoms with van der Waals surface area (Å²) in [5.74, 6) is 0.383. The third kappa shape index (κ3) is 2.62. The fourth-order valence-corrected chi connectivity index (χ4v) is 2.85. The van der Waals surface area contributed by atoms with E-state index < -0.39 is 5.91 Å². The third-order valence-corrected chi connectivity index (χ3v) is 4.24. The highest BCUT2D eigenvalue weighted by Crippen LogP contribution is 2.28. The van der Waals surface area contributed by atoms with Gasteiger partial charge in [0.1, 0.15) is 0 Å². The lowest BCUT2D eigenvalue weighted by molar-refractivity contribution is 0.0705. The summed E-state index contributed by atoms with van der Waals surface area (Å²) in [6, 6.07) is 1.84. The lowest BCUT2D eigenvalue weighted by Gasteiger charge is -2.34. The number of rotatable bonds is 3. The van der Waals surface area contributed by atoms with Gasteiger partial charge >= 0.3 is 0 Å². The molecule has 2 N–H and O–H groups in total. The van der Waals surface area contributed by atoms with Gasteiger partial charge in [-0.15, -0.1) is 0 Å². The number of aromatic nitrogens is 1. The maximum Gasteiger partial charge on any atom is 0.276 e. The van der Waals surface area contributed by atoms with E-state index >= 15 is 0 Å². The van der Waals surface area contributed by atoms with Gasteiger partial charge in [-0.1, -0.05) is 6.42 Å². The number of carbonyl (C=O) groups excluding carboxylic acids is 1. The first-order chi connectivity index (χ1) is 9.26. The van der Waals surface area contributed by atoms with Gasteiger partial charge in [0.15, 0.2) is 0 Å². The van der Waals surface area contributed by atoms with Crippen molar-refractivity contribution >= 4 is 5.91 Å². The first-order valence-corrected chi connectivity index (χ1v) is 6.91. The molecule has 1 aliphatic heterocycles. The molecule has 1 aromatic heterocycles. The fraction of sp³-hybridized carbons (Fsp3) is 0.571. The summed E-state index contributed by atoms with van der Waals surface area (Å²) in [6.45, 7) is 3.10. The number of hydroxylamine groups is 1. The Morgan fingerprint density at radius 2 is 2.37 bits per heavy atom. The van der Waals surface area contributed by atoms with Crippen LogP contribution < -0.4 is 5.48 Å². The monoisotopic (exact) mass is 261 g/mol. The molecule has 5 nitrogen and oxygen atoms in total. The number of nitrogens with one attached hydrogen (secondary N) is 1. The van der Waals surface area contributed by atoms with E-state index in [2.05, 4.69) is 9.88 Å². The van der Waals surface area contributed by atoms with Gasteiger partial charge in [0, 0.05) is 25.8 Å². The van der Waals surface area contributed by atoms with E-state index in [0.717, 1.165) is 36.7 Å². The molecule has 0 bridgehead atoms. The van der Waals surface area contributed by atoms with Gasteiger partial charge in [-0.2, -0.15) is 0 Å². The lowest BCUT2D eigenvalue weighted by Crippen LogP contribution is -2.37. The van der Waals surface area contributed by atoms with Crippen molar-refractivity contribution in [1.82, 2.24) is 15.4 Å². The van der Waals surface area contributed by atoms with Gasteiger partial charge < -0.3 is 0 Å². The molecular weight excluding hydrogens is 242 g/mol. The van der Waals surface area contributed by atoms with Crippen molar-refractivity contribution in [3.8, 4) is 0 Å². The summed E-state index contributed by atoms with van der Waals surface area (Å²) in [4.78, 5) is 18.2.